The molecule has 0 atom stereocenters. The first-order chi connectivity index (χ1) is 14.7. The Bertz CT molecular complexity index is 957. The SMILES string of the molecule is CN=C(NCCc1nc(-c2ccco2)n[nH]1)NC1CCN(c2cccc(C)n2)CC1. The average molecular weight is 409 g/mol. The van der Waals surface area contributed by atoms with Crippen LogP contribution in [0.15, 0.2) is 46.0 Å². The minimum absolute atomic E-state index is 0.396. The van der Waals surface area contributed by atoms with Crippen LogP contribution in [0.25, 0.3) is 11.6 Å². The van der Waals surface area contributed by atoms with Gasteiger partial charge in [-0.05, 0) is 44.0 Å². The standard InChI is InChI=1S/C21H28N8O/c1-15-5-3-7-19(24-15)29-12-9-16(10-13-29)25-21(22-2)23-11-8-18-26-20(28-27-18)17-6-4-14-30-17/h3-7,14,16H,8-13H2,1-2H3,(H2,22,23,25)(H,26,27,28). The molecule has 1 aliphatic rings. The monoisotopic (exact) mass is 408 g/mol. The number of nitrogens with zero attached hydrogens (tertiary/aromatic N) is 5. The molecule has 0 saturated carbocycles. The molecule has 3 aromatic rings. The van der Waals surface area contributed by atoms with E-state index in [1.54, 1.807) is 13.3 Å². The minimum Gasteiger partial charge on any atom is -0.461 e. The van der Waals surface area contributed by atoms with Gasteiger partial charge >= 0.3 is 0 Å². The molecule has 1 fully saturated rings. The predicted molar refractivity (Wildman–Crippen MR) is 116 cm³/mol. The van der Waals surface area contributed by atoms with E-state index in [9.17, 15) is 0 Å². The summed E-state index contributed by atoms with van der Waals surface area (Å²) < 4.78 is 5.32. The number of aliphatic imine (C=N–C) groups is 1. The zero-order valence-electron chi connectivity index (χ0n) is 17.4. The molecule has 3 N–H and O–H groups in total. The fourth-order valence-electron chi connectivity index (χ4n) is 3.57. The van der Waals surface area contributed by atoms with Crippen LogP contribution in [0.5, 0.6) is 0 Å². The van der Waals surface area contributed by atoms with Gasteiger partial charge in [0.05, 0.1) is 6.26 Å². The third kappa shape index (κ3) is 4.97. The molecule has 0 unspecified atom stereocenters. The van der Waals surface area contributed by atoms with Crippen LogP contribution in [0, 0.1) is 6.92 Å². The van der Waals surface area contributed by atoms with Crippen LogP contribution in [-0.4, -0.2) is 58.8 Å². The number of hydrogen-bond donors (Lipinski definition) is 3. The van der Waals surface area contributed by atoms with Crippen molar-refractivity contribution in [2.45, 2.75) is 32.2 Å². The molecule has 4 heterocycles. The maximum Gasteiger partial charge on any atom is 0.216 e. The zero-order chi connectivity index (χ0) is 20.8. The summed E-state index contributed by atoms with van der Waals surface area (Å²) in [5.41, 5.74) is 1.06. The minimum atomic E-state index is 0.396. The number of nitrogens with one attached hydrogen (secondary N) is 3. The molecule has 1 aliphatic heterocycles. The normalized spacial score (nSPS) is 15.4. The lowest BCUT2D eigenvalue weighted by Gasteiger charge is -2.34. The number of rotatable bonds is 6. The summed E-state index contributed by atoms with van der Waals surface area (Å²) in [4.78, 5) is 15.8. The summed E-state index contributed by atoms with van der Waals surface area (Å²) in [6.45, 7) is 4.71. The van der Waals surface area contributed by atoms with Gasteiger partial charge in [0.15, 0.2) is 11.7 Å². The summed E-state index contributed by atoms with van der Waals surface area (Å²) >= 11 is 0. The number of aryl methyl sites for hydroxylation is 1. The van der Waals surface area contributed by atoms with Gasteiger partial charge in [0.25, 0.3) is 0 Å². The third-order valence-corrected chi connectivity index (χ3v) is 5.18. The largest absolute Gasteiger partial charge is 0.461 e. The summed E-state index contributed by atoms with van der Waals surface area (Å²) in [6, 6.07) is 10.3. The highest BCUT2D eigenvalue weighted by Gasteiger charge is 2.21. The second-order valence-electron chi connectivity index (χ2n) is 7.37. The third-order valence-electron chi connectivity index (χ3n) is 5.18. The van der Waals surface area contributed by atoms with Gasteiger partial charge in [0.1, 0.15) is 11.6 Å². The van der Waals surface area contributed by atoms with Gasteiger partial charge in [-0.25, -0.2) is 9.97 Å². The summed E-state index contributed by atoms with van der Waals surface area (Å²) in [5, 5.41) is 14.0. The second kappa shape index (κ2) is 9.43. The van der Waals surface area contributed by atoms with Crippen LogP contribution in [0.2, 0.25) is 0 Å². The molecule has 30 heavy (non-hydrogen) atoms. The Morgan fingerprint density at radius 1 is 1.23 bits per heavy atom. The van der Waals surface area contributed by atoms with Crippen molar-refractivity contribution < 1.29 is 4.42 Å². The summed E-state index contributed by atoms with van der Waals surface area (Å²) in [5.74, 6) is 3.93. The molecule has 0 aromatic carbocycles. The maximum atomic E-state index is 5.32. The van der Waals surface area contributed by atoms with E-state index < -0.39 is 0 Å². The van der Waals surface area contributed by atoms with E-state index in [2.05, 4.69) is 52.8 Å². The lowest BCUT2D eigenvalue weighted by atomic mass is 10.1. The smallest absolute Gasteiger partial charge is 0.216 e. The molecule has 4 rings (SSSR count). The Hall–Kier alpha value is -3.36. The summed E-state index contributed by atoms with van der Waals surface area (Å²) in [7, 11) is 1.80. The molecule has 3 aromatic heterocycles. The molecule has 1 saturated heterocycles. The van der Waals surface area contributed by atoms with Gasteiger partial charge in [-0.2, -0.15) is 5.10 Å². The first-order valence-corrected chi connectivity index (χ1v) is 10.3. The Morgan fingerprint density at radius 2 is 2.10 bits per heavy atom. The Balaban J connectivity index is 1.21. The second-order valence-corrected chi connectivity index (χ2v) is 7.37. The highest BCUT2D eigenvalue weighted by molar-refractivity contribution is 5.80. The van der Waals surface area contributed by atoms with Gasteiger partial charge < -0.3 is 20.0 Å². The molecule has 158 valence electrons. The van der Waals surface area contributed by atoms with Crippen molar-refractivity contribution in [2.75, 3.05) is 31.6 Å². The molecule has 0 bridgehead atoms. The van der Waals surface area contributed by atoms with Crippen LogP contribution in [-0.2, 0) is 6.42 Å². The highest BCUT2D eigenvalue weighted by atomic mass is 16.3. The van der Waals surface area contributed by atoms with E-state index in [4.69, 9.17) is 4.42 Å². The van der Waals surface area contributed by atoms with Gasteiger partial charge in [-0.3, -0.25) is 10.1 Å². The number of H-pyrrole nitrogens is 1. The maximum absolute atomic E-state index is 5.32. The van der Waals surface area contributed by atoms with E-state index in [0.717, 1.165) is 49.2 Å². The van der Waals surface area contributed by atoms with E-state index in [1.807, 2.05) is 25.1 Å². The van der Waals surface area contributed by atoms with E-state index >= 15 is 0 Å². The first-order valence-electron chi connectivity index (χ1n) is 10.3. The number of aromatic nitrogens is 4. The molecular formula is C21H28N8O. The predicted octanol–water partition coefficient (Wildman–Crippen LogP) is 2.14. The van der Waals surface area contributed by atoms with Crippen molar-refractivity contribution in [1.82, 2.24) is 30.8 Å². The van der Waals surface area contributed by atoms with Crippen molar-refractivity contribution in [3.63, 3.8) is 0 Å². The van der Waals surface area contributed by atoms with Crippen molar-refractivity contribution in [3.8, 4) is 11.6 Å². The quantitative estimate of drug-likeness (QED) is 0.424. The van der Waals surface area contributed by atoms with Crippen LogP contribution < -0.4 is 15.5 Å². The molecule has 0 aliphatic carbocycles. The fourth-order valence-corrected chi connectivity index (χ4v) is 3.57. The Labute approximate surface area is 176 Å². The number of guanidine groups is 1. The van der Waals surface area contributed by atoms with Gasteiger partial charge in [0.2, 0.25) is 5.82 Å². The molecule has 9 heteroatoms. The van der Waals surface area contributed by atoms with Gasteiger partial charge in [0, 0.05) is 44.8 Å². The summed E-state index contributed by atoms with van der Waals surface area (Å²) in [6.07, 6.45) is 4.42. The number of hydrogen-bond acceptors (Lipinski definition) is 6. The lowest BCUT2D eigenvalue weighted by molar-refractivity contribution is 0.459. The van der Waals surface area contributed by atoms with Crippen molar-refractivity contribution in [2.24, 2.45) is 4.99 Å². The number of furan rings is 1. The van der Waals surface area contributed by atoms with Gasteiger partial charge in [-0.15, -0.1) is 0 Å². The van der Waals surface area contributed by atoms with Crippen LogP contribution in [0.4, 0.5) is 5.82 Å². The molecule has 9 nitrogen and oxygen atoms in total. The van der Waals surface area contributed by atoms with Crippen LogP contribution >= 0.6 is 0 Å². The number of anilines is 1. The van der Waals surface area contributed by atoms with Crippen molar-refractivity contribution >= 4 is 11.8 Å². The zero-order valence-corrected chi connectivity index (χ0v) is 17.4. The fraction of sp³-hybridized carbons (Fsp3) is 0.429. The van der Waals surface area contributed by atoms with Crippen LogP contribution in [0.3, 0.4) is 0 Å². The first kappa shape index (κ1) is 19.9. The molecule has 0 amide bonds. The highest BCUT2D eigenvalue weighted by Crippen LogP contribution is 2.18. The Morgan fingerprint density at radius 3 is 2.83 bits per heavy atom. The number of aromatic amines is 1. The van der Waals surface area contributed by atoms with E-state index in [-0.39, 0.29) is 0 Å². The van der Waals surface area contributed by atoms with Crippen molar-refractivity contribution in [1.29, 1.82) is 0 Å². The van der Waals surface area contributed by atoms with Crippen molar-refractivity contribution in [3.05, 3.63) is 48.1 Å². The topological polar surface area (TPSA) is 107 Å². The van der Waals surface area contributed by atoms with E-state index in [0.29, 0.717) is 30.6 Å². The molecule has 0 spiro atoms. The van der Waals surface area contributed by atoms with Gasteiger partial charge in [-0.1, -0.05) is 6.07 Å². The van der Waals surface area contributed by atoms with Crippen LogP contribution in [0.1, 0.15) is 24.4 Å². The van der Waals surface area contributed by atoms with E-state index in [1.165, 1.54) is 0 Å². The average Bonchev–Trinajstić information content (AvgIpc) is 3.45. The number of pyridine rings is 1. The number of piperidine rings is 1. The lowest BCUT2D eigenvalue weighted by Crippen LogP contribution is -2.49. The Kier molecular flexibility index (Phi) is 6.26. The molecule has 0 radical (unpaired) electrons. The molecular weight excluding hydrogens is 380 g/mol.